The fraction of sp³-hybridized carbons (Fsp3) is 0.846. The van der Waals surface area contributed by atoms with Crippen LogP contribution >= 0.6 is 0 Å². The molecule has 6 unspecified atom stereocenters. The number of esters is 1. The average Bonchev–Trinajstić information content (AvgIpc) is 3.58. The quantitative estimate of drug-likeness (QED) is 0.562. The van der Waals surface area contributed by atoms with Gasteiger partial charge in [0.25, 0.3) is 0 Å². The Balaban J connectivity index is 1.24. The Morgan fingerprint density at radius 3 is 2.55 bits per heavy atom. The normalized spacial score (nSPS) is 61.9. The molecule has 0 bridgehead atoms. The second-order valence-corrected chi connectivity index (χ2v) is 12.9. The Hall–Kier alpha value is -1.12. The summed E-state index contributed by atoms with van der Waals surface area (Å²) >= 11 is 0. The predicted octanol–water partition coefficient (Wildman–Crippen LogP) is 4.70. The van der Waals surface area contributed by atoms with E-state index in [0.29, 0.717) is 24.0 Å². The van der Waals surface area contributed by atoms with Crippen molar-refractivity contribution in [1.82, 2.24) is 0 Å². The van der Waals surface area contributed by atoms with E-state index in [0.717, 1.165) is 55.3 Å². The lowest BCUT2D eigenvalue weighted by Gasteiger charge is -2.60. The van der Waals surface area contributed by atoms with Gasteiger partial charge in [-0.25, -0.2) is 0 Å². The van der Waals surface area contributed by atoms with Crippen molar-refractivity contribution in [3.05, 3.63) is 11.6 Å². The number of ketones is 1. The van der Waals surface area contributed by atoms with Crippen LogP contribution in [-0.4, -0.2) is 17.4 Å². The van der Waals surface area contributed by atoms with Gasteiger partial charge in [0.15, 0.2) is 5.78 Å². The third kappa shape index (κ3) is 1.60. The van der Waals surface area contributed by atoms with E-state index in [9.17, 15) is 9.59 Å². The maximum atomic E-state index is 12.9. The van der Waals surface area contributed by atoms with Crippen LogP contribution in [0, 0.1) is 57.7 Å². The Morgan fingerprint density at radius 2 is 1.83 bits per heavy atom. The SMILES string of the molecule is C[C@]12CC3(CC3)C(=O)C=C1[C@H]1CC1C1C2CC[C@@]2(C)C1C1CC1[C@@]21CCC(=O)O1. The first-order chi connectivity index (χ1) is 13.8. The Kier molecular flexibility index (Phi) is 2.52. The van der Waals surface area contributed by atoms with Gasteiger partial charge in [0.1, 0.15) is 5.60 Å². The van der Waals surface area contributed by atoms with Crippen molar-refractivity contribution in [1.29, 1.82) is 0 Å². The van der Waals surface area contributed by atoms with Gasteiger partial charge in [-0.1, -0.05) is 19.4 Å². The predicted molar refractivity (Wildman–Crippen MR) is 107 cm³/mol. The second kappa shape index (κ2) is 4.41. The molecule has 3 nitrogen and oxygen atoms in total. The molecule has 0 aromatic rings. The summed E-state index contributed by atoms with van der Waals surface area (Å²) in [5, 5.41) is 0. The minimum absolute atomic E-state index is 0.0191. The fourth-order valence-electron chi connectivity index (χ4n) is 10.7. The molecule has 0 aromatic heterocycles. The van der Waals surface area contributed by atoms with Crippen molar-refractivity contribution in [2.75, 3.05) is 0 Å². The maximum Gasteiger partial charge on any atom is 0.306 e. The zero-order valence-electron chi connectivity index (χ0n) is 17.7. The van der Waals surface area contributed by atoms with Crippen LogP contribution in [0.25, 0.3) is 0 Å². The van der Waals surface area contributed by atoms with Gasteiger partial charge < -0.3 is 4.74 Å². The minimum atomic E-state index is -0.133. The number of fused-ring (bicyclic) bond motifs is 12. The highest BCUT2D eigenvalue weighted by atomic mass is 16.6. The third-order valence-electron chi connectivity index (χ3n) is 12.0. The topological polar surface area (TPSA) is 43.4 Å². The van der Waals surface area contributed by atoms with Gasteiger partial charge in [-0.3, -0.25) is 9.59 Å². The zero-order valence-corrected chi connectivity index (χ0v) is 17.7. The molecule has 0 radical (unpaired) electrons. The van der Waals surface area contributed by atoms with Crippen LogP contribution in [-0.2, 0) is 14.3 Å². The molecule has 8 rings (SSSR count). The molecular weight excluding hydrogens is 360 g/mol. The molecule has 2 spiro atoms. The summed E-state index contributed by atoms with van der Waals surface area (Å²) < 4.78 is 6.26. The second-order valence-electron chi connectivity index (χ2n) is 12.9. The lowest BCUT2D eigenvalue weighted by atomic mass is 9.44. The highest BCUT2D eigenvalue weighted by Gasteiger charge is 2.81. The van der Waals surface area contributed by atoms with Gasteiger partial charge in [0.2, 0.25) is 0 Å². The average molecular weight is 393 g/mol. The van der Waals surface area contributed by atoms with Crippen LogP contribution in [0.15, 0.2) is 11.6 Å². The van der Waals surface area contributed by atoms with E-state index in [4.69, 9.17) is 4.74 Å². The number of hydrogen-bond donors (Lipinski definition) is 0. The van der Waals surface area contributed by atoms with E-state index in [2.05, 4.69) is 19.9 Å². The molecule has 1 aliphatic heterocycles. The molecule has 0 aromatic carbocycles. The molecule has 154 valence electrons. The van der Waals surface area contributed by atoms with Crippen molar-refractivity contribution in [2.45, 2.75) is 77.2 Å². The standard InChI is InChI=1S/C26H32O3/c1-23-12-25(7-8-25)19(27)11-17(23)13-9-14(13)21-16(23)3-5-24(2)22(21)15-10-18(15)26(24)6-4-20(28)29-26/h11,13-16,18,21-22H,3-10,12H2,1-2H3/t13-,14?,15?,16?,18?,21?,22?,23+,24-,26-/m0/s1. The van der Waals surface area contributed by atoms with Crippen LogP contribution in [0.3, 0.4) is 0 Å². The van der Waals surface area contributed by atoms with Gasteiger partial charge in [-0.2, -0.15) is 0 Å². The van der Waals surface area contributed by atoms with Crippen molar-refractivity contribution in [3.63, 3.8) is 0 Å². The summed E-state index contributed by atoms with van der Waals surface area (Å²) in [5.74, 6) is 5.76. The Labute approximate surface area is 173 Å². The van der Waals surface area contributed by atoms with Crippen LogP contribution < -0.4 is 0 Å². The van der Waals surface area contributed by atoms with E-state index in [1.54, 1.807) is 5.57 Å². The lowest BCUT2D eigenvalue weighted by Crippen LogP contribution is -2.58. The van der Waals surface area contributed by atoms with E-state index < -0.39 is 0 Å². The molecule has 29 heavy (non-hydrogen) atoms. The van der Waals surface area contributed by atoms with Gasteiger partial charge in [-0.15, -0.1) is 0 Å². The number of carbonyl (C=O) groups excluding carboxylic acids is 2. The first-order valence-electron chi connectivity index (χ1n) is 12.3. The highest BCUT2D eigenvalue weighted by molar-refractivity contribution is 5.99. The van der Waals surface area contributed by atoms with Crippen LogP contribution in [0.5, 0.6) is 0 Å². The van der Waals surface area contributed by atoms with Crippen LogP contribution in [0.1, 0.15) is 71.6 Å². The van der Waals surface area contributed by atoms with Crippen LogP contribution in [0.2, 0.25) is 0 Å². The van der Waals surface area contributed by atoms with Gasteiger partial charge in [0, 0.05) is 23.2 Å². The molecule has 0 N–H and O–H groups in total. The summed E-state index contributed by atoms with van der Waals surface area (Å²) in [6, 6.07) is 0. The highest BCUT2D eigenvalue weighted by Crippen LogP contribution is 2.83. The van der Waals surface area contributed by atoms with E-state index in [1.807, 2.05) is 0 Å². The fourth-order valence-corrected chi connectivity index (χ4v) is 10.7. The summed E-state index contributed by atoms with van der Waals surface area (Å²) in [7, 11) is 0. The first kappa shape index (κ1) is 16.6. The molecule has 0 amide bonds. The Morgan fingerprint density at radius 1 is 1.00 bits per heavy atom. The number of carbonyl (C=O) groups is 2. The van der Waals surface area contributed by atoms with Crippen molar-refractivity contribution in [3.8, 4) is 0 Å². The van der Waals surface area contributed by atoms with Gasteiger partial charge in [-0.05, 0) is 98.4 Å². The molecule has 7 aliphatic carbocycles. The minimum Gasteiger partial charge on any atom is -0.458 e. The van der Waals surface area contributed by atoms with Crippen molar-refractivity contribution in [2.24, 2.45) is 57.7 Å². The van der Waals surface area contributed by atoms with Gasteiger partial charge in [0.05, 0.1) is 0 Å². The van der Waals surface area contributed by atoms with E-state index in [1.165, 1.54) is 25.7 Å². The lowest BCUT2D eigenvalue weighted by molar-refractivity contribution is -0.178. The number of allylic oxidation sites excluding steroid dienone is 1. The molecule has 6 saturated carbocycles. The van der Waals surface area contributed by atoms with Crippen LogP contribution in [0.4, 0.5) is 0 Å². The molecule has 1 saturated heterocycles. The zero-order chi connectivity index (χ0) is 19.6. The van der Waals surface area contributed by atoms with E-state index >= 15 is 0 Å². The van der Waals surface area contributed by atoms with Gasteiger partial charge >= 0.3 is 5.97 Å². The third-order valence-corrected chi connectivity index (χ3v) is 12.0. The number of ether oxygens (including phenoxy) is 1. The van der Waals surface area contributed by atoms with Crippen molar-refractivity contribution < 1.29 is 14.3 Å². The molecule has 1 heterocycles. The Bertz CT molecular complexity index is 928. The molecule has 10 atom stereocenters. The largest absolute Gasteiger partial charge is 0.458 e. The molecule has 8 aliphatic rings. The smallest absolute Gasteiger partial charge is 0.306 e. The molecular formula is C26H32O3. The molecule has 3 heteroatoms. The number of hydrogen-bond acceptors (Lipinski definition) is 3. The summed E-state index contributed by atoms with van der Waals surface area (Å²) in [6.45, 7) is 5.06. The number of rotatable bonds is 0. The summed E-state index contributed by atoms with van der Waals surface area (Å²) in [5.41, 5.74) is 1.89. The molecule has 7 fully saturated rings. The summed E-state index contributed by atoms with van der Waals surface area (Å²) in [4.78, 5) is 25.1. The maximum absolute atomic E-state index is 12.9. The monoisotopic (exact) mass is 392 g/mol. The first-order valence-corrected chi connectivity index (χ1v) is 12.3. The summed E-state index contributed by atoms with van der Waals surface area (Å²) in [6.07, 6.45) is 12.3. The van der Waals surface area contributed by atoms with E-state index in [-0.39, 0.29) is 27.8 Å². The van der Waals surface area contributed by atoms with Crippen molar-refractivity contribution >= 4 is 11.8 Å².